The van der Waals surface area contributed by atoms with E-state index in [1.807, 2.05) is 6.92 Å². The van der Waals surface area contributed by atoms with Crippen LogP contribution in [0.2, 0.25) is 0 Å². The first-order valence-corrected chi connectivity index (χ1v) is 7.00. The molecule has 0 radical (unpaired) electrons. The molecular weight excluding hydrogens is 256 g/mol. The normalized spacial score (nSPS) is 13.3. The summed E-state index contributed by atoms with van der Waals surface area (Å²) in [5.74, 6) is 5.47. The van der Waals surface area contributed by atoms with Crippen molar-refractivity contribution in [3.8, 4) is 0 Å². The molecule has 1 aromatic rings. The third-order valence-corrected chi connectivity index (χ3v) is 3.71. The van der Waals surface area contributed by atoms with Gasteiger partial charge in [0.05, 0.1) is 11.5 Å². The monoisotopic (exact) mass is 274 g/mol. The molecule has 1 heterocycles. The number of nitrogens with zero attached hydrogens (tertiary/aromatic N) is 1. The minimum absolute atomic E-state index is 0.105. The van der Waals surface area contributed by atoms with Crippen LogP contribution >= 0.6 is 0 Å². The van der Waals surface area contributed by atoms with Crippen molar-refractivity contribution in [1.29, 1.82) is 0 Å². The van der Waals surface area contributed by atoms with E-state index in [1.165, 1.54) is 18.3 Å². The second-order valence-corrected chi connectivity index (χ2v) is 5.42. The van der Waals surface area contributed by atoms with Gasteiger partial charge in [-0.05, 0) is 19.9 Å². The molecule has 0 aliphatic heterocycles. The second-order valence-electron chi connectivity index (χ2n) is 3.70. The van der Waals surface area contributed by atoms with Crippen LogP contribution in [0.15, 0.2) is 23.2 Å². The van der Waals surface area contributed by atoms with E-state index in [2.05, 4.69) is 15.1 Å². The zero-order valence-electron chi connectivity index (χ0n) is 10.4. The van der Waals surface area contributed by atoms with Crippen LogP contribution < -0.4 is 16.0 Å². The van der Waals surface area contributed by atoms with E-state index < -0.39 is 10.0 Å². The van der Waals surface area contributed by atoms with Crippen molar-refractivity contribution in [3.63, 3.8) is 0 Å². The average Bonchev–Trinajstić information content (AvgIpc) is 2.36. The number of nitrogens with one attached hydrogen (secondary N) is 2. The van der Waals surface area contributed by atoms with Gasteiger partial charge < -0.3 is 10.2 Å². The summed E-state index contributed by atoms with van der Waals surface area (Å²) in [7, 11) is -3.59. The molecule has 0 saturated carbocycles. The summed E-state index contributed by atoms with van der Waals surface area (Å²) < 4.78 is 31.7. The van der Waals surface area contributed by atoms with Crippen LogP contribution in [0.3, 0.4) is 0 Å². The van der Waals surface area contributed by atoms with Crippen molar-refractivity contribution < 1.29 is 13.2 Å². The number of nitrogens with two attached hydrogens (primary N) is 1. The molecule has 4 N–H and O–H groups in total. The molecule has 0 aromatic carbocycles. The fourth-order valence-electron chi connectivity index (χ4n) is 1.32. The Labute approximate surface area is 107 Å². The fourth-order valence-corrected chi connectivity index (χ4v) is 2.56. The van der Waals surface area contributed by atoms with Gasteiger partial charge in [-0.3, -0.25) is 0 Å². The summed E-state index contributed by atoms with van der Waals surface area (Å²) in [6.07, 6.45) is 1.37. The van der Waals surface area contributed by atoms with Gasteiger partial charge in [0.15, 0.2) is 0 Å². The Morgan fingerprint density at radius 1 is 1.56 bits per heavy atom. The molecule has 1 unspecified atom stereocenters. The highest BCUT2D eigenvalue weighted by Gasteiger charge is 2.17. The first kappa shape index (κ1) is 14.8. The molecule has 8 heteroatoms. The lowest BCUT2D eigenvalue weighted by Crippen LogP contribution is -2.36. The molecule has 0 aliphatic rings. The summed E-state index contributed by atoms with van der Waals surface area (Å²) in [5, 5.41) is 0. The van der Waals surface area contributed by atoms with Crippen LogP contribution in [0.4, 0.5) is 5.82 Å². The van der Waals surface area contributed by atoms with Crippen molar-refractivity contribution >= 4 is 15.8 Å². The lowest BCUT2D eigenvalue weighted by Gasteiger charge is -2.14. The number of sulfonamides is 1. The standard InChI is InChI=1S/C10H18N4O3S/c1-3-17-7-8(2)14-18(15,16)9-4-5-12-10(6-9)13-11/h4-6,8,14H,3,7,11H2,1-2H3,(H,12,13). The minimum Gasteiger partial charge on any atom is -0.380 e. The minimum atomic E-state index is -3.59. The van der Waals surface area contributed by atoms with Gasteiger partial charge in [0.1, 0.15) is 5.82 Å². The van der Waals surface area contributed by atoms with E-state index in [-0.39, 0.29) is 16.8 Å². The number of aromatic nitrogens is 1. The Kier molecular flexibility index (Phi) is 5.48. The van der Waals surface area contributed by atoms with E-state index in [1.54, 1.807) is 6.92 Å². The summed E-state index contributed by atoms with van der Waals surface area (Å²) in [6.45, 7) is 4.45. The number of ether oxygens (including phenoxy) is 1. The van der Waals surface area contributed by atoms with Crippen molar-refractivity contribution in [2.24, 2.45) is 5.84 Å². The highest BCUT2D eigenvalue weighted by molar-refractivity contribution is 7.89. The van der Waals surface area contributed by atoms with Crippen molar-refractivity contribution in [2.45, 2.75) is 24.8 Å². The fraction of sp³-hybridized carbons (Fsp3) is 0.500. The summed E-state index contributed by atoms with van der Waals surface area (Å²) in [6, 6.07) is 2.45. The van der Waals surface area contributed by atoms with Crippen LogP contribution in [0, 0.1) is 0 Å². The van der Waals surface area contributed by atoms with Gasteiger partial charge in [-0.25, -0.2) is 24.0 Å². The van der Waals surface area contributed by atoms with Crippen molar-refractivity contribution in [3.05, 3.63) is 18.3 Å². The summed E-state index contributed by atoms with van der Waals surface area (Å²) >= 11 is 0. The lowest BCUT2D eigenvalue weighted by molar-refractivity contribution is 0.133. The largest absolute Gasteiger partial charge is 0.380 e. The van der Waals surface area contributed by atoms with Gasteiger partial charge in [0.25, 0.3) is 0 Å². The van der Waals surface area contributed by atoms with Crippen LogP contribution in [0.25, 0.3) is 0 Å². The molecule has 1 rings (SSSR count). The van der Waals surface area contributed by atoms with Gasteiger partial charge in [-0.15, -0.1) is 0 Å². The number of nitrogen functional groups attached to an aromatic ring is 1. The number of anilines is 1. The first-order chi connectivity index (χ1) is 8.49. The first-order valence-electron chi connectivity index (χ1n) is 5.52. The maximum atomic E-state index is 12.0. The highest BCUT2D eigenvalue weighted by atomic mass is 32.2. The molecule has 7 nitrogen and oxygen atoms in total. The predicted octanol–water partition coefficient (Wildman–Crippen LogP) is 0.0705. The predicted molar refractivity (Wildman–Crippen MR) is 68.3 cm³/mol. The van der Waals surface area contributed by atoms with Crippen LogP contribution in [-0.2, 0) is 14.8 Å². The smallest absolute Gasteiger partial charge is 0.241 e. The maximum absolute atomic E-state index is 12.0. The number of hydrogen-bond acceptors (Lipinski definition) is 6. The molecule has 0 amide bonds. The van der Waals surface area contributed by atoms with E-state index in [0.717, 1.165) is 0 Å². The zero-order chi connectivity index (χ0) is 13.6. The number of rotatable bonds is 7. The molecule has 1 atom stereocenters. The molecule has 18 heavy (non-hydrogen) atoms. The van der Waals surface area contributed by atoms with Crippen LogP contribution in [0.1, 0.15) is 13.8 Å². The van der Waals surface area contributed by atoms with E-state index in [0.29, 0.717) is 13.2 Å². The maximum Gasteiger partial charge on any atom is 0.241 e. The van der Waals surface area contributed by atoms with Gasteiger partial charge in [0.2, 0.25) is 10.0 Å². The summed E-state index contributed by atoms with van der Waals surface area (Å²) in [5.41, 5.74) is 2.30. The third-order valence-electron chi connectivity index (χ3n) is 2.12. The van der Waals surface area contributed by atoms with Gasteiger partial charge >= 0.3 is 0 Å². The second kappa shape index (κ2) is 6.64. The third kappa shape index (κ3) is 4.22. The van der Waals surface area contributed by atoms with E-state index in [9.17, 15) is 8.42 Å². The molecule has 102 valence electrons. The lowest BCUT2D eigenvalue weighted by atomic mass is 10.4. The Balaban J connectivity index is 2.79. The van der Waals surface area contributed by atoms with Gasteiger partial charge in [-0.1, -0.05) is 0 Å². The summed E-state index contributed by atoms with van der Waals surface area (Å²) in [4.78, 5) is 3.95. The van der Waals surface area contributed by atoms with Crippen molar-refractivity contribution in [2.75, 3.05) is 18.6 Å². The number of hydrazine groups is 1. The van der Waals surface area contributed by atoms with E-state index in [4.69, 9.17) is 10.6 Å². The van der Waals surface area contributed by atoms with Crippen LogP contribution in [-0.4, -0.2) is 32.7 Å². The van der Waals surface area contributed by atoms with Gasteiger partial charge in [-0.2, -0.15) is 0 Å². The molecule has 0 aliphatic carbocycles. The zero-order valence-corrected chi connectivity index (χ0v) is 11.2. The Morgan fingerprint density at radius 3 is 2.89 bits per heavy atom. The molecular formula is C10H18N4O3S. The average molecular weight is 274 g/mol. The molecule has 0 saturated heterocycles. The van der Waals surface area contributed by atoms with E-state index >= 15 is 0 Å². The quantitative estimate of drug-likeness (QED) is 0.480. The molecule has 1 aromatic heterocycles. The number of hydrogen-bond donors (Lipinski definition) is 3. The molecule has 0 bridgehead atoms. The Hall–Kier alpha value is -1.22. The highest BCUT2D eigenvalue weighted by Crippen LogP contribution is 2.12. The molecule has 0 spiro atoms. The Morgan fingerprint density at radius 2 is 2.28 bits per heavy atom. The molecule has 0 fully saturated rings. The topological polar surface area (TPSA) is 106 Å². The van der Waals surface area contributed by atoms with Gasteiger partial charge in [0, 0.05) is 24.9 Å². The number of pyridine rings is 1. The Bertz CT molecular complexity index is 478. The van der Waals surface area contributed by atoms with Crippen LogP contribution in [0.5, 0.6) is 0 Å². The van der Waals surface area contributed by atoms with Crippen molar-refractivity contribution in [1.82, 2.24) is 9.71 Å². The SMILES string of the molecule is CCOCC(C)NS(=O)(=O)c1ccnc(NN)c1.